The Balaban J connectivity index is 1.74. The molecule has 0 spiro atoms. The number of carbonyl (C=O) groups is 1. The second-order valence-electron chi connectivity index (χ2n) is 9.43. The fraction of sp³-hybridized carbons (Fsp3) is 0.321. The minimum Gasteiger partial charge on any atom is -0.348 e. The van der Waals surface area contributed by atoms with Gasteiger partial charge in [-0.15, -0.1) is 0 Å². The zero-order chi connectivity index (χ0) is 26.9. The lowest BCUT2D eigenvalue weighted by molar-refractivity contribution is -0.137. The average molecular weight is 511 g/mol. The van der Waals surface area contributed by atoms with Crippen molar-refractivity contribution in [2.45, 2.75) is 59.3 Å². The highest BCUT2D eigenvalue weighted by atomic mass is 19.4. The first kappa shape index (κ1) is 26.2. The topological polar surface area (TPSA) is 79.8 Å². The average Bonchev–Trinajstić information content (AvgIpc) is 3.27. The number of aromatic nitrogens is 3. The number of benzene rings is 2. The Bertz CT molecular complexity index is 1500. The molecule has 0 saturated carbocycles. The van der Waals surface area contributed by atoms with Gasteiger partial charge in [-0.3, -0.25) is 14.3 Å². The Kier molecular flexibility index (Phi) is 7.25. The Hall–Kier alpha value is -3.88. The number of alkyl halides is 3. The SMILES string of the molecule is CCCc1cc(C)[nH]c(=O)c1CNC(=O)c1cc(-c2ccc(C(F)(F)F)cc2)cc2c1cnn2C(C)C. The second kappa shape index (κ2) is 10.2. The number of aromatic amines is 1. The predicted octanol–water partition coefficient (Wildman–Crippen LogP) is 6.18. The number of nitrogens with zero attached hydrogens (tertiary/aromatic N) is 2. The zero-order valence-corrected chi connectivity index (χ0v) is 21.2. The fourth-order valence-electron chi connectivity index (χ4n) is 4.50. The molecule has 2 N–H and O–H groups in total. The van der Waals surface area contributed by atoms with E-state index in [4.69, 9.17) is 0 Å². The van der Waals surface area contributed by atoms with Gasteiger partial charge in [-0.05, 0) is 74.2 Å². The molecule has 6 nitrogen and oxygen atoms in total. The number of fused-ring (bicyclic) bond motifs is 1. The van der Waals surface area contributed by atoms with E-state index in [2.05, 4.69) is 15.4 Å². The second-order valence-corrected chi connectivity index (χ2v) is 9.43. The van der Waals surface area contributed by atoms with Gasteiger partial charge in [0.15, 0.2) is 0 Å². The van der Waals surface area contributed by atoms with E-state index in [1.54, 1.807) is 16.9 Å². The van der Waals surface area contributed by atoms with Crippen LogP contribution in [0, 0.1) is 6.92 Å². The van der Waals surface area contributed by atoms with E-state index in [1.165, 1.54) is 12.1 Å². The molecule has 0 radical (unpaired) electrons. The van der Waals surface area contributed by atoms with Gasteiger partial charge >= 0.3 is 6.18 Å². The van der Waals surface area contributed by atoms with Crippen molar-refractivity contribution >= 4 is 16.8 Å². The van der Waals surface area contributed by atoms with Crippen molar-refractivity contribution < 1.29 is 18.0 Å². The van der Waals surface area contributed by atoms with Crippen molar-refractivity contribution in [1.82, 2.24) is 20.1 Å². The lowest BCUT2D eigenvalue weighted by atomic mass is 9.98. The van der Waals surface area contributed by atoms with Crippen molar-refractivity contribution in [3.8, 4) is 11.1 Å². The molecule has 37 heavy (non-hydrogen) atoms. The normalized spacial score (nSPS) is 11.9. The summed E-state index contributed by atoms with van der Waals surface area (Å²) in [7, 11) is 0. The van der Waals surface area contributed by atoms with Gasteiger partial charge in [-0.25, -0.2) is 0 Å². The van der Waals surface area contributed by atoms with Crippen molar-refractivity contribution in [3.05, 3.63) is 87.0 Å². The molecule has 2 aromatic heterocycles. The lowest BCUT2D eigenvalue weighted by Crippen LogP contribution is -2.28. The molecule has 4 rings (SSSR count). The van der Waals surface area contributed by atoms with Crippen LogP contribution in [0.4, 0.5) is 13.2 Å². The van der Waals surface area contributed by atoms with Crippen LogP contribution in [0.1, 0.15) is 66.0 Å². The third-order valence-electron chi connectivity index (χ3n) is 6.30. The lowest BCUT2D eigenvalue weighted by Gasteiger charge is -2.14. The smallest absolute Gasteiger partial charge is 0.348 e. The highest BCUT2D eigenvalue weighted by Crippen LogP contribution is 2.33. The molecule has 0 aliphatic heterocycles. The van der Waals surface area contributed by atoms with E-state index >= 15 is 0 Å². The van der Waals surface area contributed by atoms with Crippen molar-refractivity contribution in [3.63, 3.8) is 0 Å². The van der Waals surface area contributed by atoms with Gasteiger partial charge in [0, 0.05) is 29.2 Å². The maximum atomic E-state index is 13.4. The third-order valence-corrected chi connectivity index (χ3v) is 6.30. The number of amides is 1. The van der Waals surface area contributed by atoms with E-state index in [0.29, 0.717) is 39.6 Å². The van der Waals surface area contributed by atoms with E-state index in [0.717, 1.165) is 29.8 Å². The van der Waals surface area contributed by atoms with Crippen LogP contribution < -0.4 is 10.9 Å². The number of carbonyl (C=O) groups excluding carboxylic acids is 1. The molecule has 0 fully saturated rings. The van der Waals surface area contributed by atoms with E-state index in [-0.39, 0.29) is 18.1 Å². The number of nitrogens with one attached hydrogen (secondary N) is 2. The number of pyridine rings is 1. The van der Waals surface area contributed by atoms with Crippen LogP contribution in [0.3, 0.4) is 0 Å². The largest absolute Gasteiger partial charge is 0.416 e. The number of hydrogen-bond donors (Lipinski definition) is 2. The van der Waals surface area contributed by atoms with Gasteiger partial charge in [-0.1, -0.05) is 25.5 Å². The summed E-state index contributed by atoms with van der Waals surface area (Å²) in [6.07, 6.45) is -1.25. The Morgan fingerprint density at radius 3 is 2.43 bits per heavy atom. The minimum absolute atomic E-state index is 0.000939. The molecule has 9 heteroatoms. The highest BCUT2D eigenvalue weighted by molar-refractivity contribution is 6.08. The van der Waals surface area contributed by atoms with Gasteiger partial charge in [0.05, 0.1) is 22.8 Å². The highest BCUT2D eigenvalue weighted by Gasteiger charge is 2.30. The Morgan fingerprint density at radius 2 is 1.81 bits per heavy atom. The number of hydrogen-bond acceptors (Lipinski definition) is 3. The van der Waals surface area contributed by atoms with Crippen LogP contribution in [0.5, 0.6) is 0 Å². The molecule has 2 heterocycles. The van der Waals surface area contributed by atoms with Gasteiger partial charge in [0.25, 0.3) is 11.5 Å². The summed E-state index contributed by atoms with van der Waals surface area (Å²) in [4.78, 5) is 28.8. The molecule has 0 unspecified atom stereocenters. The van der Waals surface area contributed by atoms with Gasteiger partial charge in [0.2, 0.25) is 0 Å². The van der Waals surface area contributed by atoms with E-state index in [9.17, 15) is 22.8 Å². The van der Waals surface area contributed by atoms with E-state index < -0.39 is 17.6 Å². The summed E-state index contributed by atoms with van der Waals surface area (Å²) in [5.74, 6) is -0.399. The van der Waals surface area contributed by atoms with Crippen molar-refractivity contribution in [2.75, 3.05) is 0 Å². The van der Waals surface area contributed by atoms with Crippen LogP contribution in [0.15, 0.2) is 53.5 Å². The number of aryl methyl sites for hydroxylation is 2. The molecule has 0 bridgehead atoms. The van der Waals surface area contributed by atoms with Gasteiger partial charge in [0.1, 0.15) is 0 Å². The number of rotatable bonds is 7. The molecule has 0 atom stereocenters. The summed E-state index contributed by atoms with van der Waals surface area (Å²) >= 11 is 0. The van der Waals surface area contributed by atoms with Crippen LogP contribution in [0.2, 0.25) is 0 Å². The molecule has 4 aromatic rings. The quantitative estimate of drug-likeness (QED) is 0.312. The van der Waals surface area contributed by atoms with Gasteiger partial charge < -0.3 is 10.3 Å². The van der Waals surface area contributed by atoms with Gasteiger partial charge in [-0.2, -0.15) is 18.3 Å². The molecule has 0 saturated heterocycles. The minimum atomic E-state index is -4.44. The molecule has 0 aliphatic carbocycles. The van der Waals surface area contributed by atoms with Crippen LogP contribution in [0.25, 0.3) is 22.0 Å². The summed E-state index contributed by atoms with van der Waals surface area (Å²) in [5.41, 5.74) is 3.34. The summed E-state index contributed by atoms with van der Waals surface area (Å²) in [6.45, 7) is 7.80. The first-order valence-corrected chi connectivity index (χ1v) is 12.2. The van der Waals surface area contributed by atoms with Crippen molar-refractivity contribution in [1.29, 1.82) is 0 Å². The third kappa shape index (κ3) is 5.45. The zero-order valence-electron chi connectivity index (χ0n) is 21.2. The summed E-state index contributed by atoms with van der Waals surface area (Å²) < 4.78 is 41.0. The summed E-state index contributed by atoms with van der Waals surface area (Å²) in [5, 5.41) is 7.92. The van der Waals surface area contributed by atoms with Crippen LogP contribution in [-0.2, 0) is 19.1 Å². The van der Waals surface area contributed by atoms with Crippen LogP contribution >= 0.6 is 0 Å². The molecular weight excluding hydrogens is 481 g/mol. The predicted molar refractivity (Wildman–Crippen MR) is 138 cm³/mol. The molecule has 194 valence electrons. The van der Waals surface area contributed by atoms with Crippen LogP contribution in [-0.4, -0.2) is 20.7 Å². The maximum absolute atomic E-state index is 13.4. The number of H-pyrrole nitrogens is 1. The fourth-order valence-corrected chi connectivity index (χ4v) is 4.50. The standard InChI is InChI=1S/C28H29F3N4O2/c1-5-6-19-11-17(4)34-27(37)23(19)14-32-26(36)22-12-20(13-25-24(22)15-33-35(25)16(2)3)18-7-9-21(10-8-18)28(29,30)31/h7-13,15-16H,5-6,14H2,1-4H3,(H,32,36)(H,34,37). The monoisotopic (exact) mass is 510 g/mol. The summed E-state index contributed by atoms with van der Waals surface area (Å²) in [6, 6.07) is 10.2. The molecule has 1 amide bonds. The first-order chi connectivity index (χ1) is 17.5. The molecular formula is C28H29F3N4O2. The van der Waals surface area contributed by atoms with E-state index in [1.807, 2.05) is 39.8 Å². The maximum Gasteiger partial charge on any atom is 0.416 e. The van der Waals surface area contributed by atoms with Crippen molar-refractivity contribution in [2.24, 2.45) is 0 Å². The molecule has 0 aliphatic rings. The first-order valence-electron chi connectivity index (χ1n) is 12.2. The number of halogens is 3. The molecule has 2 aromatic carbocycles. The Morgan fingerprint density at radius 1 is 1.11 bits per heavy atom. The Labute approximate surface area is 212 Å².